The van der Waals surface area contributed by atoms with Crippen LogP contribution in [-0.4, -0.2) is 38.2 Å². The van der Waals surface area contributed by atoms with Crippen molar-refractivity contribution in [3.63, 3.8) is 0 Å². The molecule has 0 bridgehead atoms. The molecule has 2 aromatic rings. The van der Waals surface area contributed by atoms with Crippen molar-refractivity contribution in [1.29, 1.82) is 0 Å². The lowest BCUT2D eigenvalue weighted by Crippen LogP contribution is -2.46. The van der Waals surface area contributed by atoms with Gasteiger partial charge in [-0.3, -0.25) is 9.69 Å². The summed E-state index contributed by atoms with van der Waals surface area (Å²) >= 11 is 6.11. The van der Waals surface area contributed by atoms with E-state index in [1.165, 1.54) is 0 Å². The fourth-order valence-corrected chi connectivity index (χ4v) is 3.59. The van der Waals surface area contributed by atoms with Crippen molar-refractivity contribution >= 4 is 17.3 Å². The van der Waals surface area contributed by atoms with E-state index in [2.05, 4.69) is 29.7 Å². The number of benzene rings is 1. The van der Waals surface area contributed by atoms with Gasteiger partial charge in [0, 0.05) is 49.0 Å². The normalized spacial score (nSPS) is 15.2. The SMILES string of the molecule is COc1cc(C(C)C)ccc(CN2CCN(c3cccc(Cl)c3)CC2)c1=O. The van der Waals surface area contributed by atoms with Crippen LogP contribution in [0, 0.1) is 0 Å². The van der Waals surface area contributed by atoms with Crippen molar-refractivity contribution in [1.82, 2.24) is 4.90 Å². The zero-order valence-corrected chi connectivity index (χ0v) is 17.0. The van der Waals surface area contributed by atoms with E-state index in [9.17, 15) is 4.79 Å². The second-order valence-corrected chi connectivity index (χ2v) is 7.73. The Bertz CT molecular complexity index is 846. The molecule has 0 radical (unpaired) electrons. The van der Waals surface area contributed by atoms with Gasteiger partial charge in [0.05, 0.1) is 7.11 Å². The second-order valence-electron chi connectivity index (χ2n) is 7.30. The molecule has 1 fully saturated rings. The van der Waals surface area contributed by atoms with Gasteiger partial charge in [0.1, 0.15) is 0 Å². The van der Waals surface area contributed by atoms with Crippen molar-refractivity contribution in [3.8, 4) is 5.75 Å². The zero-order valence-electron chi connectivity index (χ0n) is 16.2. The van der Waals surface area contributed by atoms with Crippen LogP contribution in [0.2, 0.25) is 5.02 Å². The summed E-state index contributed by atoms with van der Waals surface area (Å²) in [5, 5.41) is 0.760. The number of anilines is 1. The second kappa shape index (κ2) is 8.77. The minimum Gasteiger partial charge on any atom is -0.493 e. The summed E-state index contributed by atoms with van der Waals surface area (Å²) in [7, 11) is 1.56. The van der Waals surface area contributed by atoms with Crippen LogP contribution in [0.25, 0.3) is 0 Å². The molecule has 5 heteroatoms. The molecule has 0 spiro atoms. The molecule has 1 aliphatic rings. The fourth-order valence-electron chi connectivity index (χ4n) is 3.41. The van der Waals surface area contributed by atoms with Crippen molar-refractivity contribution < 1.29 is 4.74 Å². The van der Waals surface area contributed by atoms with E-state index in [-0.39, 0.29) is 5.43 Å². The van der Waals surface area contributed by atoms with Gasteiger partial charge >= 0.3 is 0 Å². The molecule has 0 aromatic heterocycles. The highest BCUT2D eigenvalue weighted by Crippen LogP contribution is 2.22. The summed E-state index contributed by atoms with van der Waals surface area (Å²) in [6, 6.07) is 13.8. The van der Waals surface area contributed by atoms with E-state index in [4.69, 9.17) is 16.3 Å². The molecule has 0 saturated carbocycles. The fraction of sp³-hybridized carbons (Fsp3) is 0.409. The van der Waals surface area contributed by atoms with Gasteiger partial charge in [0.25, 0.3) is 0 Å². The molecule has 27 heavy (non-hydrogen) atoms. The largest absolute Gasteiger partial charge is 0.493 e. The molecule has 1 heterocycles. The Morgan fingerprint density at radius 1 is 1.07 bits per heavy atom. The monoisotopic (exact) mass is 386 g/mol. The van der Waals surface area contributed by atoms with Crippen molar-refractivity contribution in [2.24, 2.45) is 0 Å². The third-order valence-electron chi connectivity index (χ3n) is 5.12. The summed E-state index contributed by atoms with van der Waals surface area (Å²) in [5.41, 5.74) is 3.04. The molecule has 0 aliphatic carbocycles. The number of methoxy groups -OCH3 is 1. The van der Waals surface area contributed by atoms with Crippen LogP contribution in [0.5, 0.6) is 5.75 Å². The Morgan fingerprint density at radius 3 is 2.44 bits per heavy atom. The average Bonchev–Trinajstić information content (AvgIpc) is 2.82. The van der Waals surface area contributed by atoms with Gasteiger partial charge in [0.2, 0.25) is 5.43 Å². The Morgan fingerprint density at radius 2 is 1.81 bits per heavy atom. The molecule has 0 N–H and O–H groups in total. The number of halogens is 1. The standard InChI is InChI=1S/C22H27ClN2O2/c1-16(2)17-7-8-18(22(26)21(13-17)27-3)15-24-9-11-25(12-10-24)20-6-4-5-19(23)14-20/h4-8,13-14,16H,9-12,15H2,1-3H3. The first-order chi connectivity index (χ1) is 13.0. The molecule has 1 aliphatic heterocycles. The van der Waals surface area contributed by atoms with Gasteiger partial charge in [-0.05, 0) is 35.7 Å². The highest BCUT2D eigenvalue weighted by molar-refractivity contribution is 6.30. The molecule has 0 amide bonds. The number of piperazine rings is 1. The topological polar surface area (TPSA) is 32.8 Å². The van der Waals surface area contributed by atoms with Gasteiger partial charge in [0.15, 0.2) is 5.75 Å². The van der Waals surface area contributed by atoms with Gasteiger partial charge in [-0.15, -0.1) is 0 Å². The summed E-state index contributed by atoms with van der Waals surface area (Å²) in [6.45, 7) is 8.53. The number of hydrogen-bond acceptors (Lipinski definition) is 4. The number of rotatable bonds is 5. The maximum Gasteiger partial charge on any atom is 0.224 e. The predicted octanol–water partition coefficient (Wildman–Crippen LogP) is 4.15. The Balaban J connectivity index is 1.72. The van der Waals surface area contributed by atoms with Crippen LogP contribution in [0.15, 0.2) is 47.3 Å². The first kappa shape index (κ1) is 19.7. The van der Waals surface area contributed by atoms with E-state index in [1.807, 2.05) is 36.4 Å². The molecular formula is C22H27ClN2O2. The highest BCUT2D eigenvalue weighted by Gasteiger charge is 2.19. The molecule has 0 atom stereocenters. The molecule has 1 saturated heterocycles. The summed E-state index contributed by atoms with van der Waals surface area (Å²) in [6.07, 6.45) is 0. The Kier molecular flexibility index (Phi) is 6.40. The Hall–Kier alpha value is -2.04. The van der Waals surface area contributed by atoms with E-state index in [0.717, 1.165) is 48.0 Å². The van der Waals surface area contributed by atoms with Crippen molar-refractivity contribution in [3.05, 3.63) is 68.8 Å². The average molecular weight is 387 g/mol. The van der Waals surface area contributed by atoms with Crippen LogP contribution in [0.4, 0.5) is 5.69 Å². The quantitative estimate of drug-likeness (QED) is 0.772. The molecule has 2 aromatic carbocycles. The maximum atomic E-state index is 12.8. The summed E-state index contributed by atoms with van der Waals surface area (Å²) < 4.78 is 5.36. The number of hydrogen-bond donors (Lipinski definition) is 0. The summed E-state index contributed by atoms with van der Waals surface area (Å²) in [5.74, 6) is 0.774. The van der Waals surface area contributed by atoms with Crippen LogP contribution in [0.3, 0.4) is 0 Å². The van der Waals surface area contributed by atoms with Crippen LogP contribution in [0.1, 0.15) is 30.9 Å². The number of ether oxygens (including phenoxy) is 1. The van der Waals surface area contributed by atoms with E-state index in [0.29, 0.717) is 18.2 Å². The van der Waals surface area contributed by atoms with Crippen LogP contribution in [-0.2, 0) is 6.54 Å². The molecule has 144 valence electrons. The predicted molar refractivity (Wildman–Crippen MR) is 112 cm³/mol. The van der Waals surface area contributed by atoms with E-state index >= 15 is 0 Å². The minimum absolute atomic E-state index is 0.0123. The van der Waals surface area contributed by atoms with Crippen molar-refractivity contribution in [2.75, 3.05) is 38.2 Å². The maximum absolute atomic E-state index is 12.8. The van der Waals surface area contributed by atoms with Gasteiger partial charge < -0.3 is 9.64 Å². The lowest BCUT2D eigenvalue weighted by Gasteiger charge is -2.36. The molecule has 4 nitrogen and oxygen atoms in total. The first-order valence-corrected chi connectivity index (χ1v) is 9.79. The Labute approximate surface area is 166 Å². The van der Waals surface area contributed by atoms with E-state index in [1.54, 1.807) is 7.11 Å². The molecule has 0 unspecified atom stereocenters. The molecular weight excluding hydrogens is 360 g/mol. The lowest BCUT2D eigenvalue weighted by molar-refractivity contribution is 0.249. The third-order valence-corrected chi connectivity index (χ3v) is 5.35. The lowest BCUT2D eigenvalue weighted by atomic mass is 10.1. The van der Waals surface area contributed by atoms with Crippen LogP contribution < -0.4 is 15.1 Å². The van der Waals surface area contributed by atoms with E-state index < -0.39 is 0 Å². The third kappa shape index (κ3) is 4.82. The highest BCUT2D eigenvalue weighted by atomic mass is 35.5. The van der Waals surface area contributed by atoms with Gasteiger partial charge in [-0.25, -0.2) is 0 Å². The summed E-state index contributed by atoms with van der Waals surface area (Å²) in [4.78, 5) is 17.5. The number of nitrogens with zero attached hydrogens (tertiary/aromatic N) is 2. The molecule has 3 rings (SSSR count). The zero-order chi connectivity index (χ0) is 19.4. The van der Waals surface area contributed by atoms with Crippen molar-refractivity contribution in [2.45, 2.75) is 26.3 Å². The van der Waals surface area contributed by atoms with Gasteiger partial charge in [-0.2, -0.15) is 0 Å². The van der Waals surface area contributed by atoms with Crippen LogP contribution >= 0.6 is 11.6 Å². The minimum atomic E-state index is -0.0123. The smallest absolute Gasteiger partial charge is 0.224 e. The van der Waals surface area contributed by atoms with Gasteiger partial charge in [-0.1, -0.05) is 43.6 Å². The first-order valence-electron chi connectivity index (χ1n) is 9.42.